The molecule has 144 valence electrons. The predicted octanol–water partition coefficient (Wildman–Crippen LogP) is 4.52. The molecule has 5 heteroatoms. The molecular formula is C23H25N3O2. The molecule has 0 spiro atoms. The normalized spacial score (nSPS) is 13.1. The van der Waals surface area contributed by atoms with Crippen LogP contribution in [0.5, 0.6) is 5.75 Å². The van der Waals surface area contributed by atoms with Gasteiger partial charge in [-0.3, -0.25) is 4.79 Å². The minimum atomic E-state index is -0.173. The Hall–Kier alpha value is -3.08. The lowest BCUT2D eigenvalue weighted by atomic mass is 10.1. The zero-order chi connectivity index (χ0) is 19.5. The fourth-order valence-corrected chi connectivity index (χ4v) is 3.73. The number of anilines is 1. The highest BCUT2D eigenvalue weighted by atomic mass is 16.5. The lowest BCUT2D eigenvalue weighted by molar-refractivity contribution is -0.118. The zero-order valence-corrected chi connectivity index (χ0v) is 16.4. The van der Waals surface area contributed by atoms with Gasteiger partial charge in [-0.1, -0.05) is 18.2 Å². The van der Waals surface area contributed by atoms with Gasteiger partial charge in [0.05, 0.1) is 0 Å². The summed E-state index contributed by atoms with van der Waals surface area (Å²) in [5.41, 5.74) is 5.19. The van der Waals surface area contributed by atoms with Crippen molar-refractivity contribution >= 4 is 11.6 Å². The number of ether oxygens (including phenoxy) is 1. The number of amides is 1. The third-order valence-electron chi connectivity index (χ3n) is 5.19. The highest BCUT2D eigenvalue weighted by molar-refractivity contribution is 5.92. The van der Waals surface area contributed by atoms with E-state index in [-0.39, 0.29) is 12.5 Å². The van der Waals surface area contributed by atoms with Crippen LogP contribution in [0, 0.1) is 13.8 Å². The van der Waals surface area contributed by atoms with Crippen molar-refractivity contribution in [1.82, 2.24) is 9.55 Å². The number of aryl methyl sites for hydroxylation is 3. The van der Waals surface area contributed by atoms with E-state index in [0.717, 1.165) is 46.9 Å². The molecule has 0 fully saturated rings. The summed E-state index contributed by atoms with van der Waals surface area (Å²) in [6.45, 7) is 4.97. The molecule has 0 saturated heterocycles. The largest absolute Gasteiger partial charge is 0.483 e. The van der Waals surface area contributed by atoms with Crippen LogP contribution in [0.3, 0.4) is 0 Å². The summed E-state index contributed by atoms with van der Waals surface area (Å²) in [7, 11) is 0. The minimum Gasteiger partial charge on any atom is -0.483 e. The Morgan fingerprint density at radius 1 is 1.11 bits per heavy atom. The van der Waals surface area contributed by atoms with Gasteiger partial charge in [0.2, 0.25) is 0 Å². The van der Waals surface area contributed by atoms with Gasteiger partial charge in [-0.2, -0.15) is 0 Å². The fraction of sp³-hybridized carbons (Fsp3) is 0.304. The van der Waals surface area contributed by atoms with Crippen LogP contribution in [0.15, 0.2) is 48.7 Å². The number of benzene rings is 2. The van der Waals surface area contributed by atoms with Crippen molar-refractivity contribution in [1.29, 1.82) is 0 Å². The Morgan fingerprint density at radius 3 is 2.61 bits per heavy atom. The summed E-state index contributed by atoms with van der Waals surface area (Å²) in [6.07, 6.45) is 5.52. The van der Waals surface area contributed by atoms with Gasteiger partial charge in [0, 0.05) is 29.7 Å². The summed E-state index contributed by atoms with van der Waals surface area (Å²) >= 11 is 0. The first-order valence-electron chi connectivity index (χ1n) is 9.75. The highest BCUT2D eigenvalue weighted by Crippen LogP contribution is 2.26. The molecule has 0 aliphatic carbocycles. The zero-order valence-electron chi connectivity index (χ0n) is 16.4. The van der Waals surface area contributed by atoms with Crippen molar-refractivity contribution in [2.24, 2.45) is 0 Å². The van der Waals surface area contributed by atoms with E-state index >= 15 is 0 Å². The molecule has 2 heterocycles. The van der Waals surface area contributed by atoms with Crippen LogP contribution in [0.2, 0.25) is 0 Å². The lowest BCUT2D eigenvalue weighted by Crippen LogP contribution is -2.20. The predicted molar refractivity (Wildman–Crippen MR) is 111 cm³/mol. The number of hydrogen-bond donors (Lipinski definition) is 1. The van der Waals surface area contributed by atoms with Crippen molar-refractivity contribution in [3.8, 4) is 17.1 Å². The molecule has 0 unspecified atom stereocenters. The average Bonchev–Trinajstić information content (AvgIpc) is 3.12. The Kier molecular flexibility index (Phi) is 5.15. The molecule has 1 aliphatic rings. The first kappa shape index (κ1) is 18.3. The van der Waals surface area contributed by atoms with Crippen LogP contribution in [0.4, 0.5) is 5.69 Å². The molecule has 1 N–H and O–H groups in total. The topological polar surface area (TPSA) is 56.1 Å². The second-order valence-corrected chi connectivity index (χ2v) is 7.32. The first-order chi connectivity index (χ1) is 13.6. The average molecular weight is 375 g/mol. The number of carbonyl (C=O) groups excluding carboxylic acids is 1. The number of nitrogens with one attached hydrogen (secondary N) is 1. The van der Waals surface area contributed by atoms with Gasteiger partial charge >= 0.3 is 0 Å². The molecule has 1 aliphatic heterocycles. The van der Waals surface area contributed by atoms with Crippen LogP contribution in [0.1, 0.15) is 29.7 Å². The molecule has 0 saturated carbocycles. The van der Waals surface area contributed by atoms with Gasteiger partial charge in [0.1, 0.15) is 11.6 Å². The molecule has 0 radical (unpaired) electrons. The van der Waals surface area contributed by atoms with Crippen molar-refractivity contribution in [2.75, 3.05) is 11.9 Å². The summed E-state index contributed by atoms with van der Waals surface area (Å²) < 4.78 is 8.02. The van der Waals surface area contributed by atoms with E-state index in [1.807, 2.05) is 62.5 Å². The van der Waals surface area contributed by atoms with Gasteiger partial charge in [-0.15, -0.1) is 0 Å². The fourth-order valence-electron chi connectivity index (χ4n) is 3.73. The van der Waals surface area contributed by atoms with E-state index < -0.39 is 0 Å². The van der Waals surface area contributed by atoms with Crippen molar-refractivity contribution in [3.63, 3.8) is 0 Å². The van der Waals surface area contributed by atoms with Crippen molar-refractivity contribution < 1.29 is 9.53 Å². The van der Waals surface area contributed by atoms with E-state index in [0.29, 0.717) is 0 Å². The van der Waals surface area contributed by atoms with Crippen LogP contribution >= 0.6 is 0 Å². The van der Waals surface area contributed by atoms with Crippen LogP contribution in [0.25, 0.3) is 11.4 Å². The minimum absolute atomic E-state index is 0.0127. The van der Waals surface area contributed by atoms with Crippen LogP contribution in [-0.2, 0) is 17.8 Å². The van der Waals surface area contributed by atoms with Crippen LogP contribution in [-0.4, -0.2) is 22.1 Å². The standard InChI is InChI=1S/C23H25N3O2/c1-16-6-5-7-17(2)22(16)28-15-21(27)25-19-11-9-18(10-12-19)23-24-14-20-8-3-4-13-26(20)23/h5-7,9-12,14H,3-4,8,13,15H2,1-2H3,(H,25,27). The third kappa shape index (κ3) is 3.79. The molecule has 0 bridgehead atoms. The molecule has 3 aromatic rings. The van der Waals surface area contributed by atoms with Gasteiger partial charge in [0.25, 0.3) is 5.91 Å². The Labute approximate surface area is 165 Å². The number of imidazole rings is 1. The second kappa shape index (κ2) is 7.89. The maximum Gasteiger partial charge on any atom is 0.262 e. The van der Waals surface area contributed by atoms with Gasteiger partial charge in [-0.05, 0) is 68.5 Å². The van der Waals surface area contributed by atoms with Crippen molar-refractivity contribution in [3.05, 3.63) is 65.5 Å². The Morgan fingerprint density at radius 2 is 1.86 bits per heavy atom. The smallest absolute Gasteiger partial charge is 0.262 e. The summed E-state index contributed by atoms with van der Waals surface area (Å²) in [4.78, 5) is 16.9. The van der Waals surface area contributed by atoms with Gasteiger partial charge in [-0.25, -0.2) is 4.98 Å². The SMILES string of the molecule is Cc1cccc(C)c1OCC(=O)Nc1ccc(-c2ncc3n2CCCC3)cc1. The third-order valence-corrected chi connectivity index (χ3v) is 5.19. The molecule has 1 aromatic heterocycles. The number of carbonyl (C=O) groups is 1. The highest BCUT2D eigenvalue weighted by Gasteiger charge is 2.15. The van der Waals surface area contributed by atoms with E-state index in [9.17, 15) is 4.79 Å². The number of hydrogen-bond acceptors (Lipinski definition) is 3. The van der Waals surface area contributed by atoms with Gasteiger partial charge in [0.15, 0.2) is 6.61 Å². The number of para-hydroxylation sites is 1. The van der Waals surface area contributed by atoms with E-state index in [1.165, 1.54) is 18.5 Å². The number of fused-ring (bicyclic) bond motifs is 1. The number of rotatable bonds is 5. The molecule has 4 rings (SSSR count). The summed E-state index contributed by atoms with van der Waals surface area (Å²) in [5.74, 6) is 1.61. The molecule has 2 aromatic carbocycles. The molecule has 5 nitrogen and oxygen atoms in total. The van der Waals surface area contributed by atoms with Crippen molar-refractivity contribution in [2.45, 2.75) is 39.7 Å². The molecule has 1 amide bonds. The first-order valence-corrected chi connectivity index (χ1v) is 9.75. The van der Waals surface area contributed by atoms with E-state index in [1.54, 1.807) is 0 Å². The molecule has 0 atom stereocenters. The molecular weight excluding hydrogens is 350 g/mol. The summed E-state index contributed by atoms with van der Waals surface area (Å²) in [5, 5.41) is 2.89. The maximum atomic E-state index is 12.3. The molecule has 28 heavy (non-hydrogen) atoms. The lowest BCUT2D eigenvalue weighted by Gasteiger charge is -2.16. The summed E-state index contributed by atoms with van der Waals surface area (Å²) in [6, 6.07) is 13.8. The Bertz CT molecular complexity index is 969. The monoisotopic (exact) mass is 375 g/mol. The van der Waals surface area contributed by atoms with Crippen LogP contribution < -0.4 is 10.1 Å². The van der Waals surface area contributed by atoms with E-state index in [2.05, 4.69) is 14.9 Å². The number of nitrogens with zero attached hydrogens (tertiary/aromatic N) is 2. The number of aromatic nitrogens is 2. The maximum absolute atomic E-state index is 12.3. The Balaban J connectivity index is 1.39. The van der Waals surface area contributed by atoms with Gasteiger partial charge < -0.3 is 14.6 Å². The van der Waals surface area contributed by atoms with E-state index in [4.69, 9.17) is 4.74 Å². The quantitative estimate of drug-likeness (QED) is 0.713. The second-order valence-electron chi connectivity index (χ2n) is 7.32.